The number of likely N-dealkylation sites (tertiary alicyclic amines) is 1. The molecule has 1 N–H and O–H groups in total. The van der Waals surface area contributed by atoms with E-state index in [1.807, 2.05) is 6.08 Å². The van der Waals surface area contributed by atoms with Crippen molar-refractivity contribution < 1.29 is 4.79 Å². The first-order valence-electron chi connectivity index (χ1n) is 8.20. The van der Waals surface area contributed by atoms with E-state index in [9.17, 15) is 4.79 Å². The van der Waals surface area contributed by atoms with Crippen molar-refractivity contribution in [3.05, 3.63) is 12.7 Å². The molecule has 1 saturated carbocycles. The monoisotopic (exact) mass is 278 g/mol. The van der Waals surface area contributed by atoms with Gasteiger partial charge in [-0.25, -0.2) is 0 Å². The van der Waals surface area contributed by atoms with Crippen LogP contribution in [0, 0.1) is 11.3 Å². The van der Waals surface area contributed by atoms with Gasteiger partial charge in [0, 0.05) is 19.1 Å². The highest BCUT2D eigenvalue weighted by atomic mass is 16.2. The van der Waals surface area contributed by atoms with Crippen LogP contribution in [-0.2, 0) is 4.79 Å². The quantitative estimate of drug-likeness (QED) is 0.758. The third-order valence-electron chi connectivity index (χ3n) is 4.98. The van der Waals surface area contributed by atoms with Gasteiger partial charge in [0.2, 0.25) is 5.91 Å². The van der Waals surface area contributed by atoms with Gasteiger partial charge >= 0.3 is 0 Å². The Morgan fingerprint density at radius 2 is 2.25 bits per heavy atom. The predicted molar refractivity (Wildman–Crippen MR) is 83.5 cm³/mol. The summed E-state index contributed by atoms with van der Waals surface area (Å²) in [6.45, 7) is 11.6. The summed E-state index contributed by atoms with van der Waals surface area (Å²) in [6, 6.07) is 0.245. The second-order valence-corrected chi connectivity index (χ2v) is 7.01. The van der Waals surface area contributed by atoms with E-state index in [2.05, 4.69) is 30.6 Å². The van der Waals surface area contributed by atoms with Crippen LogP contribution in [0.3, 0.4) is 0 Å². The number of carbonyl (C=O) groups is 1. The standard InChI is InChI=1S/C17H30N2O/c1-4-8-17(9-6-10-17)16(20)18-15(3)13-19-11-5-7-14(2)12-19/h4,14-15H,1,5-13H2,2-3H3,(H,18,20)/t14-,15+/m0/s1. The van der Waals surface area contributed by atoms with Crippen LogP contribution in [0.2, 0.25) is 0 Å². The Morgan fingerprint density at radius 1 is 1.50 bits per heavy atom. The van der Waals surface area contributed by atoms with Crippen molar-refractivity contribution in [1.82, 2.24) is 10.2 Å². The summed E-state index contributed by atoms with van der Waals surface area (Å²) in [5.74, 6) is 1.05. The number of nitrogens with zero attached hydrogens (tertiary/aromatic N) is 1. The lowest BCUT2D eigenvalue weighted by molar-refractivity contribution is -0.136. The Balaban J connectivity index is 1.80. The van der Waals surface area contributed by atoms with Crippen LogP contribution in [-0.4, -0.2) is 36.5 Å². The molecule has 0 aromatic rings. The van der Waals surface area contributed by atoms with Crippen LogP contribution >= 0.6 is 0 Å². The van der Waals surface area contributed by atoms with Gasteiger partial charge in [0.05, 0.1) is 5.41 Å². The zero-order valence-electron chi connectivity index (χ0n) is 13.2. The molecular weight excluding hydrogens is 248 g/mol. The SMILES string of the molecule is C=CCC1(C(=O)N[C@H](C)CN2CCC[C@H](C)C2)CCC1. The average molecular weight is 278 g/mol. The van der Waals surface area contributed by atoms with Crippen LogP contribution in [0.5, 0.6) is 0 Å². The number of rotatable bonds is 6. The van der Waals surface area contributed by atoms with Gasteiger partial charge in [-0.05, 0) is 51.5 Å². The fraction of sp³-hybridized carbons (Fsp3) is 0.824. The minimum Gasteiger partial charge on any atom is -0.352 e. The van der Waals surface area contributed by atoms with E-state index in [0.717, 1.165) is 31.7 Å². The third-order valence-corrected chi connectivity index (χ3v) is 4.98. The third kappa shape index (κ3) is 3.63. The molecule has 3 nitrogen and oxygen atoms in total. The Morgan fingerprint density at radius 3 is 2.80 bits per heavy atom. The molecule has 0 aromatic heterocycles. The lowest BCUT2D eigenvalue weighted by Crippen LogP contribution is -2.51. The molecule has 0 bridgehead atoms. The van der Waals surface area contributed by atoms with Crippen molar-refractivity contribution in [3.63, 3.8) is 0 Å². The molecule has 2 fully saturated rings. The lowest BCUT2D eigenvalue weighted by atomic mass is 9.66. The second-order valence-electron chi connectivity index (χ2n) is 7.01. The van der Waals surface area contributed by atoms with Crippen LogP contribution in [0.4, 0.5) is 0 Å². The molecule has 1 aliphatic heterocycles. The van der Waals surface area contributed by atoms with Gasteiger partial charge in [-0.1, -0.05) is 19.4 Å². The largest absolute Gasteiger partial charge is 0.352 e. The number of allylic oxidation sites excluding steroid dienone is 1. The van der Waals surface area contributed by atoms with E-state index in [1.54, 1.807) is 0 Å². The molecule has 0 unspecified atom stereocenters. The fourth-order valence-corrected chi connectivity index (χ4v) is 3.67. The molecule has 1 amide bonds. The summed E-state index contributed by atoms with van der Waals surface area (Å²) in [7, 11) is 0. The van der Waals surface area contributed by atoms with Gasteiger partial charge in [0.1, 0.15) is 0 Å². The van der Waals surface area contributed by atoms with Crippen molar-refractivity contribution in [3.8, 4) is 0 Å². The molecule has 1 aliphatic carbocycles. The lowest BCUT2D eigenvalue weighted by Gasteiger charge is -2.41. The number of piperidine rings is 1. The summed E-state index contributed by atoms with van der Waals surface area (Å²) in [4.78, 5) is 15.0. The zero-order valence-corrected chi connectivity index (χ0v) is 13.2. The molecule has 0 radical (unpaired) electrons. The highest BCUT2D eigenvalue weighted by molar-refractivity contribution is 5.84. The highest BCUT2D eigenvalue weighted by Crippen LogP contribution is 2.44. The van der Waals surface area contributed by atoms with Crippen molar-refractivity contribution >= 4 is 5.91 Å². The molecule has 2 atom stereocenters. The number of hydrogen-bond donors (Lipinski definition) is 1. The maximum Gasteiger partial charge on any atom is 0.226 e. The Bertz CT molecular complexity index is 349. The second kappa shape index (κ2) is 6.75. The van der Waals surface area contributed by atoms with E-state index in [-0.39, 0.29) is 17.4 Å². The maximum absolute atomic E-state index is 12.5. The molecule has 2 rings (SSSR count). The van der Waals surface area contributed by atoms with Gasteiger partial charge in [-0.15, -0.1) is 6.58 Å². The zero-order chi connectivity index (χ0) is 14.6. The molecule has 0 spiro atoms. The van der Waals surface area contributed by atoms with E-state index in [1.165, 1.54) is 32.4 Å². The minimum absolute atomic E-state index is 0.134. The Labute approximate surface area is 123 Å². The topological polar surface area (TPSA) is 32.3 Å². The first kappa shape index (κ1) is 15.6. The van der Waals surface area contributed by atoms with Crippen LogP contribution < -0.4 is 5.32 Å². The van der Waals surface area contributed by atoms with Crippen molar-refractivity contribution in [2.45, 2.75) is 58.4 Å². The fourth-order valence-electron chi connectivity index (χ4n) is 3.67. The smallest absolute Gasteiger partial charge is 0.226 e. The summed E-state index contributed by atoms with van der Waals surface area (Å²) in [5, 5.41) is 3.24. The summed E-state index contributed by atoms with van der Waals surface area (Å²) in [6.07, 6.45) is 8.60. The minimum atomic E-state index is -0.134. The van der Waals surface area contributed by atoms with Crippen LogP contribution in [0.25, 0.3) is 0 Å². The summed E-state index contributed by atoms with van der Waals surface area (Å²) < 4.78 is 0. The Kier molecular flexibility index (Phi) is 5.25. The molecule has 1 heterocycles. The van der Waals surface area contributed by atoms with E-state index in [4.69, 9.17) is 0 Å². The number of hydrogen-bond acceptors (Lipinski definition) is 2. The molecule has 114 valence electrons. The number of nitrogens with one attached hydrogen (secondary N) is 1. The summed E-state index contributed by atoms with van der Waals surface area (Å²) >= 11 is 0. The van der Waals surface area contributed by atoms with Gasteiger partial charge in [0.15, 0.2) is 0 Å². The van der Waals surface area contributed by atoms with Crippen LogP contribution in [0.15, 0.2) is 12.7 Å². The number of amides is 1. The van der Waals surface area contributed by atoms with E-state index < -0.39 is 0 Å². The van der Waals surface area contributed by atoms with Crippen LogP contribution in [0.1, 0.15) is 52.4 Å². The van der Waals surface area contributed by atoms with Crippen molar-refractivity contribution in [2.24, 2.45) is 11.3 Å². The van der Waals surface area contributed by atoms with Crippen molar-refractivity contribution in [2.75, 3.05) is 19.6 Å². The van der Waals surface area contributed by atoms with Gasteiger partial charge < -0.3 is 10.2 Å². The average Bonchev–Trinajstić information content (AvgIpc) is 2.33. The molecular formula is C17H30N2O. The predicted octanol–water partition coefficient (Wildman–Crippen LogP) is 2.97. The molecule has 20 heavy (non-hydrogen) atoms. The molecule has 0 aromatic carbocycles. The normalized spacial score (nSPS) is 27.4. The first-order valence-corrected chi connectivity index (χ1v) is 8.20. The highest BCUT2D eigenvalue weighted by Gasteiger charge is 2.43. The van der Waals surface area contributed by atoms with E-state index in [0.29, 0.717) is 0 Å². The van der Waals surface area contributed by atoms with Gasteiger partial charge in [-0.3, -0.25) is 4.79 Å². The molecule has 3 heteroatoms. The summed E-state index contributed by atoms with van der Waals surface area (Å²) in [5.41, 5.74) is -0.134. The first-order chi connectivity index (χ1) is 9.55. The molecule has 1 saturated heterocycles. The maximum atomic E-state index is 12.5. The van der Waals surface area contributed by atoms with E-state index >= 15 is 0 Å². The number of carbonyl (C=O) groups excluding carboxylic acids is 1. The molecule has 2 aliphatic rings. The van der Waals surface area contributed by atoms with Crippen molar-refractivity contribution in [1.29, 1.82) is 0 Å². The van der Waals surface area contributed by atoms with Gasteiger partial charge in [-0.2, -0.15) is 0 Å². The Hall–Kier alpha value is -0.830. The van der Waals surface area contributed by atoms with Gasteiger partial charge in [0.25, 0.3) is 0 Å².